The molecule has 1 aromatic heterocycles. The SMILES string of the molecule is CC1OCCC1n1cncc1C1(C)CCNC1. The van der Waals surface area contributed by atoms with Crippen LogP contribution in [0.5, 0.6) is 0 Å². The van der Waals surface area contributed by atoms with Crippen molar-refractivity contribution in [3.8, 4) is 0 Å². The standard InChI is InChI=1S/C13H21N3O/c1-10-11(3-6-17-10)16-9-15-7-12(16)13(2)4-5-14-8-13/h7,9-11,14H,3-6,8H2,1-2H3. The molecule has 0 saturated carbocycles. The molecule has 3 heterocycles. The lowest BCUT2D eigenvalue weighted by Gasteiger charge is -2.28. The van der Waals surface area contributed by atoms with Crippen molar-refractivity contribution in [2.75, 3.05) is 19.7 Å². The molecule has 0 amide bonds. The molecule has 2 aliphatic rings. The van der Waals surface area contributed by atoms with Gasteiger partial charge in [-0.05, 0) is 26.3 Å². The molecule has 0 radical (unpaired) electrons. The zero-order chi connectivity index (χ0) is 11.9. The van der Waals surface area contributed by atoms with Crippen molar-refractivity contribution in [1.82, 2.24) is 14.9 Å². The van der Waals surface area contributed by atoms with Gasteiger partial charge in [0.25, 0.3) is 0 Å². The van der Waals surface area contributed by atoms with E-state index in [1.54, 1.807) is 0 Å². The van der Waals surface area contributed by atoms with E-state index in [0.29, 0.717) is 12.1 Å². The Kier molecular flexibility index (Phi) is 2.71. The maximum atomic E-state index is 5.68. The molecule has 17 heavy (non-hydrogen) atoms. The van der Waals surface area contributed by atoms with Crippen LogP contribution < -0.4 is 5.32 Å². The monoisotopic (exact) mass is 235 g/mol. The van der Waals surface area contributed by atoms with E-state index in [1.807, 2.05) is 12.5 Å². The van der Waals surface area contributed by atoms with Gasteiger partial charge in [-0.15, -0.1) is 0 Å². The van der Waals surface area contributed by atoms with Crippen LogP contribution >= 0.6 is 0 Å². The molecule has 0 aromatic carbocycles. The van der Waals surface area contributed by atoms with Crippen LogP contribution in [0.2, 0.25) is 0 Å². The zero-order valence-corrected chi connectivity index (χ0v) is 10.6. The first-order valence-corrected chi connectivity index (χ1v) is 6.55. The summed E-state index contributed by atoms with van der Waals surface area (Å²) in [5.41, 5.74) is 1.60. The van der Waals surface area contributed by atoms with Gasteiger partial charge in [0.05, 0.1) is 18.5 Å². The largest absolute Gasteiger partial charge is 0.376 e. The molecular formula is C13H21N3O. The predicted molar refractivity (Wildman–Crippen MR) is 66.1 cm³/mol. The molecule has 1 N–H and O–H groups in total. The first-order valence-electron chi connectivity index (χ1n) is 6.55. The molecule has 2 aliphatic heterocycles. The van der Waals surface area contributed by atoms with Crippen LogP contribution in [0.25, 0.3) is 0 Å². The topological polar surface area (TPSA) is 39.1 Å². The first-order chi connectivity index (χ1) is 8.21. The van der Waals surface area contributed by atoms with Gasteiger partial charge in [0.15, 0.2) is 0 Å². The van der Waals surface area contributed by atoms with E-state index in [2.05, 4.69) is 28.7 Å². The van der Waals surface area contributed by atoms with Crippen LogP contribution in [0.4, 0.5) is 0 Å². The Morgan fingerprint density at radius 1 is 1.59 bits per heavy atom. The number of nitrogens with one attached hydrogen (secondary N) is 1. The summed E-state index contributed by atoms with van der Waals surface area (Å²) in [6.45, 7) is 7.54. The Morgan fingerprint density at radius 3 is 3.12 bits per heavy atom. The summed E-state index contributed by atoms with van der Waals surface area (Å²) in [5.74, 6) is 0. The Balaban J connectivity index is 1.93. The molecule has 2 fully saturated rings. The van der Waals surface area contributed by atoms with Gasteiger partial charge in [0.2, 0.25) is 0 Å². The quantitative estimate of drug-likeness (QED) is 0.844. The number of rotatable bonds is 2. The smallest absolute Gasteiger partial charge is 0.0951 e. The Hall–Kier alpha value is -0.870. The lowest BCUT2D eigenvalue weighted by atomic mass is 9.86. The van der Waals surface area contributed by atoms with E-state index in [0.717, 1.165) is 26.1 Å². The summed E-state index contributed by atoms with van der Waals surface area (Å²) < 4.78 is 8.03. The van der Waals surface area contributed by atoms with Gasteiger partial charge in [-0.1, -0.05) is 6.92 Å². The van der Waals surface area contributed by atoms with Crippen molar-refractivity contribution in [3.63, 3.8) is 0 Å². The number of nitrogens with zero attached hydrogens (tertiary/aromatic N) is 2. The molecule has 4 nitrogen and oxygen atoms in total. The molecule has 4 heteroatoms. The van der Waals surface area contributed by atoms with Crippen molar-refractivity contribution < 1.29 is 4.74 Å². The minimum atomic E-state index is 0.235. The highest BCUT2D eigenvalue weighted by Gasteiger charge is 2.36. The third-order valence-corrected chi connectivity index (χ3v) is 4.35. The van der Waals surface area contributed by atoms with Crippen molar-refractivity contribution >= 4 is 0 Å². The Bertz CT molecular complexity index is 395. The number of aromatic nitrogens is 2. The van der Waals surface area contributed by atoms with Crippen LogP contribution in [0.1, 0.15) is 38.4 Å². The highest BCUT2D eigenvalue weighted by atomic mass is 16.5. The number of imidazole rings is 1. The van der Waals surface area contributed by atoms with E-state index >= 15 is 0 Å². The third kappa shape index (κ3) is 1.79. The third-order valence-electron chi connectivity index (χ3n) is 4.35. The molecule has 0 aliphatic carbocycles. The predicted octanol–water partition coefficient (Wildman–Crippen LogP) is 1.48. The fourth-order valence-electron chi connectivity index (χ4n) is 3.16. The molecule has 0 bridgehead atoms. The second-order valence-corrected chi connectivity index (χ2v) is 5.61. The average molecular weight is 235 g/mol. The molecule has 1 aromatic rings. The van der Waals surface area contributed by atoms with Crippen LogP contribution in [-0.4, -0.2) is 35.4 Å². The van der Waals surface area contributed by atoms with E-state index in [1.165, 1.54) is 12.1 Å². The normalized spacial score (nSPS) is 37.8. The maximum Gasteiger partial charge on any atom is 0.0951 e. The van der Waals surface area contributed by atoms with Crippen LogP contribution in [0, 0.1) is 0 Å². The van der Waals surface area contributed by atoms with E-state index < -0.39 is 0 Å². The molecule has 3 unspecified atom stereocenters. The fourth-order valence-corrected chi connectivity index (χ4v) is 3.16. The summed E-state index contributed by atoms with van der Waals surface area (Å²) in [5, 5.41) is 3.46. The molecular weight excluding hydrogens is 214 g/mol. The van der Waals surface area contributed by atoms with Gasteiger partial charge in [-0.2, -0.15) is 0 Å². The summed E-state index contributed by atoms with van der Waals surface area (Å²) in [7, 11) is 0. The fraction of sp³-hybridized carbons (Fsp3) is 0.769. The molecule has 2 saturated heterocycles. The highest BCUT2D eigenvalue weighted by Crippen LogP contribution is 2.34. The summed E-state index contributed by atoms with van der Waals surface area (Å²) in [6.07, 6.45) is 6.63. The maximum absolute atomic E-state index is 5.68. The van der Waals surface area contributed by atoms with Gasteiger partial charge >= 0.3 is 0 Å². The summed E-state index contributed by atoms with van der Waals surface area (Å²) in [6, 6.07) is 0.463. The highest BCUT2D eigenvalue weighted by molar-refractivity contribution is 5.18. The van der Waals surface area contributed by atoms with Crippen LogP contribution in [0.3, 0.4) is 0 Å². The van der Waals surface area contributed by atoms with Crippen molar-refractivity contribution in [3.05, 3.63) is 18.2 Å². The lowest BCUT2D eigenvalue weighted by molar-refractivity contribution is 0.106. The van der Waals surface area contributed by atoms with E-state index in [-0.39, 0.29) is 5.41 Å². The second-order valence-electron chi connectivity index (χ2n) is 5.61. The van der Waals surface area contributed by atoms with Crippen molar-refractivity contribution in [1.29, 1.82) is 0 Å². The number of hydrogen-bond donors (Lipinski definition) is 1. The van der Waals surface area contributed by atoms with Gasteiger partial charge in [0.1, 0.15) is 0 Å². The van der Waals surface area contributed by atoms with Crippen molar-refractivity contribution in [2.45, 2.75) is 44.2 Å². The number of ether oxygens (including phenoxy) is 1. The van der Waals surface area contributed by atoms with E-state index in [4.69, 9.17) is 4.74 Å². The van der Waals surface area contributed by atoms with Gasteiger partial charge in [0, 0.05) is 30.5 Å². The minimum absolute atomic E-state index is 0.235. The van der Waals surface area contributed by atoms with Crippen LogP contribution in [0.15, 0.2) is 12.5 Å². The number of hydrogen-bond acceptors (Lipinski definition) is 3. The Morgan fingerprint density at radius 2 is 2.47 bits per heavy atom. The van der Waals surface area contributed by atoms with Gasteiger partial charge < -0.3 is 14.6 Å². The molecule has 94 valence electrons. The Labute approximate surface area is 102 Å². The zero-order valence-electron chi connectivity index (χ0n) is 10.6. The second kappa shape index (κ2) is 4.10. The van der Waals surface area contributed by atoms with Crippen molar-refractivity contribution in [2.24, 2.45) is 0 Å². The molecule has 0 spiro atoms. The first kappa shape index (κ1) is 11.2. The van der Waals surface area contributed by atoms with Gasteiger partial charge in [-0.25, -0.2) is 4.98 Å². The summed E-state index contributed by atoms with van der Waals surface area (Å²) in [4.78, 5) is 4.37. The summed E-state index contributed by atoms with van der Waals surface area (Å²) >= 11 is 0. The molecule has 3 rings (SSSR count). The van der Waals surface area contributed by atoms with Crippen LogP contribution in [-0.2, 0) is 10.2 Å². The van der Waals surface area contributed by atoms with Gasteiger partial charge in [-0.3, -0.25) is 0 Å². The average Bonchev–Trinajstić information content (AvgIpc) is 2.97. The molecule has 3 atom stereocenters. The van der Waals surface area contributed by atoms with E-state index in [9.17, 15) is 0 Å². The minimum Gasteiger partial charge on any atom is -0.376 e. The lowest BCUT2D eigenvalue weighted by Crippen LogP contribution is -2.30.